The van der Waals surface area contributed by atoms with Crippen LogP contribution in [0.5, 0.6) is 0 Å². The number of rotatable bonds is 4. The fraction of sp³-hybridized carbons (Fsp3) is 0.750. The van der Waals surface area contributed by atoms with E-state index in [1.807, 2.05) is 0 Å². The van der Waals surface area contributed by atoms with Crippen LogP contribution in [0.25, 0.3) is 0 Å². The molecule has 5 atom stereocenters. The molecular weight excluding hydrogens is 272 g/mol. The molecule has 0 amide bonds. The van der Waals surface area contributed by atoms with Crippen molar-refractivity contribution in [2.24, 2.45) is 0 Å². The van der Waals surface area contributed by atoms with Gasteiger partial charge in [0.25, 0.3) is 0 Å². The van der Waals surface area contributed by atoms with Crippen LogP contribution in [0, 0.1) is 0 Å². The van der Waals surface area contributed by atoms with Crippen LogP contribution < -0.4 is 0 Å². The van der Waals surface area contributed by atoms with E-state index >= 15 is 0 Å². The third kappa shape index (κ3) is 5.14. The zero-order chi connectivity index (χ0) is 16.2. The van der Waals surface area contributed by atoms with Crippen molar-refractivity contribution >= 4 is 17.9 Å². The fourth-order valence-electron chi connectivity index (χ4n) is 1.75. The molecule has 0 unspecified atom stereocenters. The summed E-state index contributed by atoms with van der Waals surface area (Å²) in [5, 5.41) is 9.67. The molecule has 20 heavy (non-hydrogen) atoms. The van der Waals surface area contributed by atoms with Crippen molar-refractivity contribution in [2.75, 3.05) is 6.61 Å². The molecule has 114 valence electrons. The highest BCUT2D eigenvalue weighted by atomic mass is 16.7. The normalized spacial score (nSPS) is 33.8. The van der Waals surface area contributed by atoms with Gasteiger partial charge in [-0.15, -0.1) is 0 Å². The van der Waals surface area contributed by atoms with Crippen molar-refractivity contribution in [1.82, 2.24) is 0 Å². The van der Waals surface area contributed by atoms with Crippen LogP contribution in [0.2, 0.25) is 0 Å². The van der Waals surface area contributed by atoms with Gasteiger partial charge in [-0.3, -0.25) is 14.4 Å². The molecule has 8 heteroatoms. The lowest BCUT2D eigenvalue weighted by molar-refractivity contribution is -0.252. The standard InChI is InChI=1S/C12H18O8/c1-6(13)17-5-10-12(19-8(3)15)9(18-7(2)14)4-11(16)20-10/h9-12,16H,4-5H2,1-3H3/t9-,10-,11+,12-/m1/s1/i4D/t4-,9-,10-,11+,12-. The average molecular weight is 291 g/mol. The van der Waals surface area contributed by atoms with Crippen LogP contribution in [-0.4, -0.2) is 54.2 Å². The molecule has 0 aromatic heterocycles. The predicted molar refractivity (Wildman–Crippen MR) is 63.2 cm³/mol. The minimum Gasteiger partial charge on any atom is -0.463 e. The molecule has 0 spiro atoms. The van der Waals surface area contributed by atoms with Gasteiger partial charge in [-0.2, -0.15) is 0 Å². The third-order valence-electron chi connectivity index (χ3n) is 2.41. The van der Waals surface area contributed by atoms with E-state index in [1.54, 1.807) is 0 Å². The summed E-state index contributed by atoms with van der Waals surface area (Å²) < 4.78 is 27.6. The molecule has 0 saturated carbocycles. The summed E-state index contributed by atoms with van der Waals surface area (Å²) in [5.74, 6) is -1.97. The molecule has 0 radical (unpaired) electrons. The lowest BCUT2D eigenvalue weighted by Crippen LogP contribution is -2.53. The van der Waals surface area contributed by atoms with E-state index in [9.17, 15) is 19.5 Å². The van der Waals surface area contributed by atoms with Crippen LogP contribution in [0.1, 0.15) is 28.5 Å². The maximum Gasteiger partial charge on any atom is 0.303 e. The van der Waals surface area contributed by atoms with Gasteiger partial charge in [-0.1, -0.05) is 0 Å². The molecule has 0 aromatic carbocycles. The quantitative estimate of drug-likeness (QED) is 0.546. The molecule has 0 bridgehead atoms. The second-order valence-electron chi connectivity index (χ2n) is 4.21. The van der Waals surface area contributed by atoms with E-state index in [2.05, 4.69) is 0 Å². The molecule has 0 aliphatic carbocycles. The molecule has 1 rings (SSSR count). The van der Waals surface area contributed by atoms with Crippen LogP contribution >= 0.6 is 0 Å². The molecule has 1 aliphatic rings. The summed E-state index contributed by atoms with van der Waals surface area (Å²) in [4.78, 5) is 33.1. The van der Waals surface area contributed by atoms with E-state index in [-0.39, 0.29) is 6.61 Å². The van der Waals surface area contributed by atoms with Crippen LogP contribution in [0.3, 0.4) is 0 Å². The first-order chi connectivity index (χ1) is 9.72. The first-order valence-corrected chi connectivity index (χ1v) is 5.96. The monoisotopic (exact) mass is 291 g/mol. The number of ether oxygens (including phenoxy) is 4. The maximum absolute atomic E-state index is 11.2. The number of carbonyl (C=O) groups excluding carboxylic acids is 3. The van der Waals surface area contributed by atoms with Crippen molar-refractivity contribution in [2.45, 2.75) is 51.8 Å². The second-order valence-corrected chi connectivity index (χ2v) is 4.21. The Labute approximate surface area is 117 Å². The number of aliphatic hydroxyl groups excluding tert-OH is 1. The lowest BCUT2D eigenvalue weighted by atomic mass is 10.0. The predicted octanol–water partition coefficient (Wildman–Crippen LogP) is -0.480. The van der Waals surface area contributed by atoms with Gasteiger partial charge in [0, 0.05) is 28.5 Å². The first-order valence-electron chi connectivity index (χ1n) is 6.53. The molecule has 1 saturated heterocycles. The summed E-state index contributed by atoms with van der Waals surface area (Å²) in [5.41, 5.74) is 0. The summed E-state index contributed by atoms with van der Waals surface area (Å²) in [6.07, 6.45) is -6.35. The van der Waals surface area contributed by atoms with Gasteiger partial charge in [-0.05, 0) is 0 Å². The van der Waals surface area contributed by atoms with Gasteiger partial charge in [0.2, 0.25) is 0 Å². The van der Waals surface area contributed by atoms with Gasteiger partial charge >= 0.3 is 17.9 Å². The molecule has 1 N–H and O–H groups in total. The van der Waals surface area contributed by atoms with Gasteiger partial charge in [0.1, 0.15) is 18.8 Å². The average Bonchev–Trinajstić information content (AvgIpc) is 2.35. The lowest BCUT2D eigenvalue weighted by Gasteiger charge is -2.38. The van der Waals surface area contributed by atoms with Crippen LogP contribution in [-0.2, 0) is 33.3 Å². The van der Waals surface area contributed by atoms with E-state index in [1.165, 1.54) is 6.92 Å². The van der Waals surface area contributed by atoms with E-state index < -0.39 is 48.9 Å². The highest BCUT2D eigenvalue weighted by Gasteiger charge is 2.43. The Kier molecular flexibility index (Phi) is 5.31. The minimum atomic E-state index is -1.57. The van der Waals surface area contributed by atoms with Crippen LogP contribution in [0.15, 0.2) is 0 Å². The number of hydrogen-bond acceptors (Lipinski definition) is 8. The van der Waals surface area contributed by atoms with Crippen molar-refractivity contribution in [3.63, 3.8) is 0 Å². The highest BCUT2D eigenvalue weighted by Crippen LogP contribution is 2.25. The second kappa shape index (κ2) is 7.20. The van der Waals surface area contributed by atoms with Gasteiger partial charge in [0.15, 0.2) is 12.4 Å². The Morgan fingerprint density at radius 3 is 2.30 bits per heavy atom. The molecule has 8 nitrogen and oxygen atoms in total. The summed E-state index contributed by atoms with van der Waals surface area (Å²) in [6.45, 7) is 3.13. The molecule has 1 fully saturated rings. The third-order valence-corrected chi connectivity index (χ3v) is 2.41. The van der Waals surface area contributed by atoms with Gasteiger partial charge in [0.05, 0.1) is 0 Å². The fourth-order valence-corrected chi connectivity index (χ4v) is 1.75. The SMILES string of the molecule is [2H][C@@H]1[C@@H](OC(C)=O)[C@@H](OC(C)=O)[C@@H](COC(C)=O)O[C@@H]1O. The van der Waals surface area contributed by atoms with E-state index in [0.717, 1.165) is 13.8 Å². The minimum absolute atomic E-state index is 0.311. The van der Waals surface area contributed by atoms with Gasteiger partial charge in [-0.25, -0.2) is 0 Å². The molecular formula is C12H18O8. The van der Waals surface area contributed by atoms with Crippen molar-refractivity contribution in [1.29, 1.82) is 0 Å². The first kappa shape index (κ1) is 14.7. The Hall–Kier alpha value is -1.67. The maximum atomic E-state index is 11.2. The number of aliphatic hydroxyl groups is 1. The summed E-state index contributed by atoms with van der Waals surface area (Å²) in [7, 11) is 0. The van der Waals surface area contributed by atoms with Crippen molar-refractivity contribution < 1.29 is 39.8 Å². The summed E-state index contributed by atoms with van der Waals surface area (Å²) >= 11 is 0. The zero-order valence-electron chi connectivity index (χ0n) is 12.4. The summed E-state index contributed by atoms with van der Waals surface area (Å²) in [6, 6.07) is 0. The molecule has 0 aromatic rings. The highest BCUT2D eigenvalue weighted by molar-refractivity contribution is 5.67. The smallest absolute Gasteiger partial charge is 0.303 e. The number of hydrogen-bond donors (Lipinski definition) is 1. The Morgan fingerprint density at radius 2 is 1.80 bits per heavy atom. The van der Waals surface area contributed by atoms with Crippen LogP contribution in [0.4, 0.5) is 0 Å². The Bertz CT molecular complexity index is 412. The Balaban J connectivity index is 2.94. The topological polar surface area (TPSA) is 108 Å². The molecule has 1 heterocycles. The molecule has 1 aliphatic heterocycles. The Morgan fingerprint density at radius 1 is 1.20 bits per heavy atom. The largest absolute Gasteiger partial charge is 0.463 e. The van der Waals surface area contributed by atoms with Crippen molar-refractivity contribution in [3.8, 4) is 0 Å². The van der Waals surface area contributed by atoms with E-state index in [4.69, 9.17) is 20.3 Å². The van der Waals surface area contributed by atoms with Gasteiger partial charge < -0.3 is 24.1 Å². The zero-order valence-corrected chi connectivity index (χ0v) is 11.4. The van der Waals surface area contributed by atoms with Crippen molar-refractivity contribution in [3.05, 3.63) is 0 Å². The number of esters is 3. The van der Waals surface area contributed by atoms with E-state index in [0.29, 0.717) is 0 Å². The number of carbonyl (C=O) groups is 3.